The van der Waals surface area contributed by atoms with Gasteiger partial charge in [0, 0.05) is 5.69 Å². The number of anilines is 3. The number of pyridine rings is 1. The lowest BCUT2D eigenvalue weighted by Gasteiger charge is -2.19. The third-order valence-electron chi connectivity index (χ3n) is 2.91. The zero-order valence-electron chi connectivity index (χ0n) is 11.4. The van der Waals surface area contributed by atoms with E-state index >= 15 is 0 Å². The summed E-state index contributed by atoms with van der Waals surface area (Å²) in [4.78, 5) is 4.17. The van der Waals surface area contributed by atoms with E-state index in [2.05, 4.69) is 43.2 Å². The van der Waals surface area contributed by atoms with Crippen LogP contribution in [0.5, 0.6) is 0 Å². The van der Waals surface area contributed by atoms with Gasteiger partial charge in [0.1, 0.15) is 5.15 Å². The topological polar surface area (TPSA) is 50.9 Å². The number of rotatable bonds is 2. The summed E-state index contributed by atoms with van der Waals surface area (Å²) in [5.74, 6) is 0.580. The first-order chi connectivity index (χ1) is 8.86. The fraction of sp³-hybridized carbons (Fsp3) is 0.267. The average molecular weight is 276 g/mol. The van der Waals surface area contributed by atoms with E-state index in [4.69, 9.17) is 17.3 Å². The molecule has 2 aromatic rings. The number of nitrogens with two attached hydrogens (primary N) is 1. The van der Waals surface area contributed by atoms with Crippen LogP contribution in [0.25, 0.3) is 0 Å². The van der Waals surface area contributed by atoms with Gasteiger partial charge in [0.15, 0.2) is 5.82 Å². The smallest absolute Gasteiger partial charge is 0.155 e. The molecule has 0 aliphatic heterocycles. The molecule has 0 saturated carbocycles. The quantitative estimate of drug-likeness (QED) is 0.801. The zero-order valence-corrected chi connectivity index (χ0v) is 12.1. The second-order valence-electron chi connectivity index (χ2n) is 5.52. The van der Waals surface area contributed by atoms with Crippen molar-refractivity contribution in [1.82, 2.24) is 4.98 Å². The van der Waals surface area contributed by atoms with Crippen LogP contribution in [0.1, 0.15) is 26.3 Å². The van der Waals surface area contributed by atoms with E-state index in [0.717, 1.165) is 5.69 Å². The molecule has 0 unspecified atom stereocenters. The van der Waals surface area contributed by atoms with Crippen LogP contribution in [0, 0.1) is 0 Å². The molecule has 0 aliphatic carbocycles. The van der Waals surface area contributed by atoms with E-state index in [-0.39, 0.29) is 5.41 Å². The molecule has 0 amide bonds. The van der Waals surface area contributed by atoms with Crippen LogP contribution < -0.4 is 11.1 Å². The third kappa shape index (κ3) is 3.38. The number of hydrogen-bond acceptors (Lipinski definition) is 3. The van der Waals surface area contributed by atoms with Crippen molar-refractivity contribution in [2.45, 2.75) is 26.2 Å². The number of halogens is 1. The van der Waals surface area contributed by atoms with Gasteiger partial charge in [0.2, 0.25) is 0 Å². The first-order valence-corrected chi connectivity index (χ1v) is 6.53. The monoisotopic (exact) mass is 275 g/mol. The van der Waals surface area contributed by atoms with Gasteiger partial charge in [-0.2, -0.15) is 0 Å². The Kier molecular flexibility index (Phi) is 3.67. The molecule has 1 heterocycles. The summed E-state index contributed by atoms with van der Waals surface area (Å²) < 4.78 is 0. The maximum atomic E-state index is 5.86. The molecule has 4 heteroatoms. The van der Waals surface area contributed by atoms with Gasteiger partial charge in [-0.3, -0.25) is 0 Å². The molecule has 19 heavy (non-hydrogen) atoms. The van der Waals surface area contributed by atoms with Crippen molar-refractivity contribution >= 4 is 28.8 Å². The number of nitrogen functional groups attached to an aromatic ring is 1. The summed E-state index contributed by atoms with van der Waals surface area (Å²) >= 11 is 5.86. The summed E-state index contributed by atoms with van der Waals surface area (Å²) in [6.07, 6.45) is 0. The van der Waals surface area contributed by atoms with Crippen LogP contribution in [0.15, 0.2) is 36.4 Å². The Morgan fingerprint density at radius 3 is 2.26 bits per heavy atom. The molecule has 0 bridgehead atoms. The molecule has 3 N–H and O–H groups in total. The molecule has 2 rings (SSSR count). The van der Waals surface area contributed by atoms with E-state index in [9.17, 15) is 0 Å². The van der Waals surface area contributed by atoms with Crippen molar-refractivity contribution in [2.75, 3.05) is 11.1 Å². The lowest BCUT2D eigenvalue weighted by atomic mass is 9.87. The van der Waals surface area contributed by atoms with Gasteiger partial charge in [0.25, 0.3) is 0 Å². The Morgan fingerprint density at radius 2 is 1.68 bits per heavy atom. The van der Waals surface area contributed by atoms with Gasteiger partial charge in [-0.1, -0.05) is 44.5 Å². The second kappa shape index (κ2) is 5.10. The summed E-state index contributed by atoms with van der Waals surface area (Å²) in [5, 5.41) is 3.59. The summed E-state index contributed by atoms with van der Waals surface area (Å²) in [5.41, 5.74) is 8.79. The summed E-state index contributed by atoms with van der Waals surface area (Å²) in [6, 6.07) is 11.6. The highest BCUT2D eigenvalue weighted by Gasteiger charge is 2.13. The molecule has 3 nitrogen and oxygen atoms in total. The van der Waals surface area contributed by atoms with Crippen LogP contribution in [0.2, 0.25) is 5.15 Å². The fourth-order valence-corrected chi connectivity index (χ4v) is 1.88. The highest BCUT2D eigenvalue weighted by Crippen LogP contribution is 2.26. The average Bonchev–Trinajstić information content (AvgIpc) is 2.33. The number of aromatic nitrogens is 1. The number of nitrogens with one attached hydrogen (secondary N) is 1. The van der Waals surface area contributed by atoms with E-state index in [1.165, 1.54) is 5.56 Å². The van der Waals surface area contributed by atoms with Crippen molar-refractivity contribution in [2.24, 2.45) is 0 Å². The largest absolute Gasteiger partial charge is 0.396 e. The van der Waals surface area contributed by atoms with Crippen LogP contribution in [-0.2, 0) is 5.41 Å². The number of nitrogens with zero attached hydrogens (tertiary/aromatic N) is 1. The molecular formula is C15H18ClN3. The third-order valence-corrected chi connectivity index (χ3v) is 3.12. The maximum Gasteiger partial charge on any atom is 0.155 e. The highest BCUT2D eigenvalue weighted by molar-refractivity contribution is 6.29. The standard InChI is InChI=1S/C15H18ClN3/c1-15(2,3)10-4-6-11(7-5-10)18-14-12(17)8-9-13(16)19-14/h4-9H,17H2,1-3H3,(H,18,19). The van der Waals surface area contributed by atoms with E-state index in [0.29, 0.717) is 16.7 Å². The van der Waals surface area contributed by atoms with E-state index in [1.54, 1.807) is 12.1 Å². The van der Waals surface area contributed by atoms with Crippen LogP contribution in [0.4, 0.5) is 17.2 Å². The first-order valence-electron chi connectivity index (χ1n) is 6.16. The van der Waals surface area contributed by atoms with Gasteiger partial charge < -0.3 is 11.1 Å². The van der Waals surface area contributed by atoms with Gasteiger partial charge in [-0.05, 0) is 35.2 Å². The molecular weight excluding hydrogens is 258 g/mol. The van der Waals surface area contributed by atoms with Crippen molar-refractivity contribution in [1.29, 1.82) is 0 Å². The molecule has 0 radical (unpaired) electrons. The van der Waals surface area contributed by atoms with Gasteiger partial charge in [-0.25, -0.2) is 4.98 Å². The fourth-order valence-electron chi connectivity index (χ4n) is 1.74. The first kappa shape index (κ1) is 13.7. The van der Waals surface area contributed by atoms with Crippen LogP contribution in [0.3, 0.4) is 0 Å². The minimum atomic E-state index is 0.145. The second-order valence-corrected chi connectivity index (χ2v) is 5.91. The normalized spacial score (nSPS) is 11.4. The zero-order chi connectivity index (χ0) is 14.0. The number of hydrogen-bond donors (Lipinski definition) is 2. The molecule has 0 saturated heterocycles. The Bertz CT molecular complexity index is 571. The van der Waals surface area contributed by atoms with Crippen LogP contribution >= 0.6 is 11.6 Å². The summed E-state index contributed by atoms with van der Waals surface area (Å²) in [7, 11) is 0. The SMILES string of the molecule is CC(C)(C)c1ccc(Nc2nc(Cl)ccc2N)cc1. The van der Waals surface area contributed by atoms with Gasteiger partial charge >= 0.3 is 0 Å². The van der Waals surface area contributed by atoms with Crippen LogP contribution in [-0.4, -0.2) is 4.98 Å². The lowest BCUT2D eigenvalue weighted by Crippen LogP contribution is -2.10. The highest BCUT2D eigenvalue weighted by atomic mass is 35.5. The molecule has 0 spiro atoms. The number of benzene rings is 1. The van der Waals surface area contributed by atoms with Crippen molar-refractivity contribution in [3.8, 4) is 0 Å². The molecule has 0 atom stereocenters. The molecule has 100 valence electrons. The van der Waals surface area contributed by atoms with E-state index < -0.39 is 0 Å². The van der Waals surface area contributed by atoms with Crippen molar-refractivity contribution in [3.05, 3.63) is 47.1 Å². The molecule has 1 aromatic heterocycles. The lowest BCUT2D eigenvalue weighted by molar-refractivity contribution is 0.590. The Morgan fingerprint density at radius 1 is 1.05 bits per heavy atom. The van der Waals surface area contributed by atoms with E-state index in [1.807, 2.05) is 12.1 Å². The Balaban J connectivity index is 2.22. The minimum absolute atomic E-state index is 0.145. The predicted octanol–water partition coefficient (Wildman–Crippen LogP) is 4.36. The predicted molar refractivity (Wildman–Crippen MR) is 82.1 cm³/mol. The summed E-state index contributed by atoms with van der Waals surface area (Å²) in [6.45, 7) is 6.56. The van der Waals surface area contributed by atoms with Gasteiger partial charge in [0.05, 0.1) is 5.69 Å². The maximum absolute atomic E-state index is 5.86. The molecule has 1 aromatic carbocycles. The minimum Gasteiger partial charge on any atom is -0.396 e. The Labute approximate surface area is 118 Å². The van der Waals surface area contributed by atoms with Gasteiger partial charge in [-0.15, -0.1) is 0 Å². The molecule has 0 aliphatic rings. The van der Waals surface area contributed by atoms with Crippen molar-refractivity contribution in [3.63, 3.8) is 0 Å². The Hall–Kier alpha value is -1.74. The van der Waals surface area contributed by atoms with Crippen molar-refractivity contribution < 1.29 is 0 Å². The molecule has 0 fully saturated rings.